The van der Waals surface area contributed by atoms with Crippen molar-refractivity contribution in [1.29, 1.82) is 0 Å². The zero-order chi connectivity index (χ0) is 19.1. The summed E-state index contributed by atoms with van der Waals surface area (Å²) < 4.78 is 0. The smallest absolute Gasteiger partial charge is 0.303 e. The van der Waals surface area contributed by atoms with Crippen LogP contribution in [0.1, 0.15) is 23.1 Å². The first-order valence-corrected chi connectivity index (χ1v) is 9.95. The first-order valence-electron chi connectivity index (χ1n) is 9.57. The molecule has 2 aromatic rings. The second kappa shape index (κ2) is 9.88. The van der Waals surface area contributed by atoms with E-state index in [4.69, 9.17) is 16.7 Å². The molecule has 0 aliphatic carbocycles. The van der Waals surface area contributed by atoms with Crippen LogP contribution in [0.4, 0.5) is 0 Å². The van der Waals surface area contributed by atoms with Crippen LogP contribution < -0.4 is 0 Å². The molecule has 27 heavy (non-hydrogen) atoms. The van der Waals surface area contributed by atoms with Crippen molar-refractivity contribution in [3.8, 4) is 0 Å². The molecule has 3 rings (SSSR count). The third-order valence-electron chi connectivity index (χ3n) is 5.15. The number of carboxylic acids is 1. The Bertz CT molecular complexity index is 723. The number of carboxylic acid groups (broad SMARTS) is 1. The zero-order valence-electron chi connectivity index (χ0n) is 15.6. The molecule has 0 unspecified atom stereocenters. The highest BCUT2D eigenvalue weighted by Crippen LogP contribution is 2.14. The Hall–Kier alpha value is -1.88. The molecule has 1 fully saturated rings. The van der Waals surface area contributed by atoms with Crippen LogP contribution >= 0.6 is 11.6 Å². The van der Waals surface area contributed by atoms with Gasteiger partial charge >= 0.3 is 5.97 Å². The van der Waals surface area contributed by atoms with E-state index in [0.717, 1.165) is 56.3 Å². The molecule has 0 amide bonds. The molecule has 1 N–H and O–H groups in total. The average Bonchev–Trinajstić information content (AvgIpc) is 2.68. The predicted molar refractivity (Wildman–Crippen MR) is 109 cm³/mol. The van der Waals surface area contributed by atoms with Gasteiger partial charge in [0.25, 0.3) is 0 Å². The van der Waals surface area contributed by atoms with E-state index in [1.165, 1.54) is 11.1 Å². The maximum atomic E-state index is 10.6. The van der Waals surface area contributed by atoms with Crippen LogP contribution in [0.5, 0.6) is 0 Å². The molecule has 0 saturated carbocycles. The van der Waals surface area contributed by atoms with Gasteiger partial charge in [-0.15, -0.1) is 0 Å². The van der Waals surface area contributed by atoms with Crippen molar-refractivity contribution in [3.63, 3.8) is 0 Å². The van der Waals surface area contributed by atoms with Gasteiger partial charge in [0.15, 0.2) is 0 Å². The maximum Gasteiger partial charge on any atom is 0.303 e. The van der Waals surface area contributed by atoms with Crippen molar-refractivity contribution < 1.29 is 9.90 Å². The van der Waals surface area contributed by atoms with Gasteiger partial charge in [-0.2, -0.15) is 0 Å². The normalized spacial score (nSPS) is 15.7. The quantitative estimate of drug-likeness (QED) is 0.751. The van der Waals surface area contributed by atoms with Gasteiger partial charge < -0.3 is 10.0 Å². The van der Waals surface area contributed by atoms with Crippen LogP contribution in [0.15, 0.2) is 48.5 Å². The molecule has 1 aliphatic heterocycles. The number of aliphatic carboxylic acids is 1. The van der Waals surface area contributed by atoms with Crippen LogP contribution in [0.2, 0.25) is 5.02 Å². The summed E-state index contributed by atoms with van der Waals surface area (Å²) in [5, 5.41) is 9.55. The largest absolute Gasteiger partial charge is 0.481 e. The lowest BCUT2D eigenvalue weighted by Gasteiger charge is -2.34. The van der Waals surface area contributed by atoms with Crippen molar-refractivity contribution in [2.24, 2.45) is 0 Å². The lowest BCUT2D eigenvalue weighted by atomic mass is 10.1. The SMILES string of the molecule is O=C(O)CCc1ccc(CCN2CCN(Cc3ccc(Cl)cc3)CC2)cc1. The standard InChI is InChI=1S/C22H27ClN2O2/c23-21-8-5-20(6-9-21)17-25-15-13-24(14-16-25)12-11-19-3-1-18(2-4-19)7-10-22(26)27/h1-6,8-9H,7,10-17H2,(H,26,27). The number of benzene rings is 2. The van der Waals surface area contributed by atoms with Gasteiger partial charge in [-0.3, -0.25) is 9.69 Å². The van der Waals surface area contributed by atoms with Gasteiger partial charge in [0.1, 0.15) is 0 Å². The van der Waals surface area contributed by atoms with Gasteiger partial charge in [-0.25, -0.2) is 0 Å². The lowest BCUT2D eigenvalue weighted by Crippen LogP contribution is -2.46. The minimum absolute atomic E-state index is 0.194. The second-order valence-corrected chi connectivity index (χ2v) is 7.64. The number of piperazine rings is 1. The Morgan fingerprint density at radius 1 is 0.815 bits per heavy atom. The molecule has 0 bridgehead atoms. The molecule has 144 valence electrons. The van der Waals surface area contributed by atoms with Crippen LogP contribution in [0.3, 0.4) is 0 Å². The lowest BCUT2D eigenvalue weighted by molar-refractivity contribution is -0.136. The monoisotopic (exact) mass is 386 g/mol. The predicted octanol–water partition coefficient (Wildman–Crippen LogP) is 3.72. The minimum Gasteiger partial charge on any atom is -0.481 e. The Morgan fingerprint density at radius 2 is 1.33 bits per heavy atom. The molecule has 1 aliphatic rings. The van der Waals surface area contributed by atoms with Crippen molar-refractivity contribution in [2.45, 2.75) is 25.8 Å². The molecule has 4 nitrogen and oxygen atoms in total. The Morgan fingerprint density at radius 3 is 1.93 bits per heavy atom. The molecular formula is C22H27ClN2O2. The first-order chi connectivity index (χ1) is 13.1. The van der Waals surface area contributed by atoms with Crippen molar-refractivity contribution in [2.75, 3.05) is 32.7 Å². The zero-order valence-corrected chi connectivity index (χ0v) is 16.4. The van der Waals surface area contributed by atoms with Crippen LogP contribution in [-0.2, 0) is 24.2 Å². The number of rotatable bonds is 8. The molecular weight excluding hydrogens is 360 g/mol. The summed E-state index contributed by atoms with van der Waals surface area (Å²) in [4.78, 5) is 15.7. The van der Waals surface area contributed by atoms with Gasteiger partial charge in [-0.05, 0) is 41.7 Å². The summed E-state index contributed by atoms with van der Waals surface area (Å²) in [6.45, 7) is 6.45. The highest BCUT2D eigenvalue weighted by atomic mass is 35.5. The molecule has 1 saturated heterocycles. The van der Waals surface area contributed by atoms with E-state index in [9.17, 15) is 4.79 Å². The minimum atomic E-state index is -0.741. The molecule has 0 aromatic heterocycles. The van der Waals surface area contributed by atoms with E-state index < -0.39 is 5.97 Å². The summed E-state index contributed by atoms with van der Waals surface area (Å²) in [6, 6.07) is 16.5. The Balaban J connectivity index is 1.38. The van der Waals surface area contributed by atoms with Gasteiger partial charge in [0, 0.05) is 50.7 Å². The summed E-state index contributed by atoms with van der Waals surface area (Å²) in [6.07, 6.45) is 1.83. The van der Waals surface area contributed by atoms with Gasteiger partial charge in [0.2, 0.25) is 0 Å². The second-order valence-electron chi connectivity index (χ2n) is 7.20. The van der Waals surface area contributed by atoms with Crippen LogP contribution in [-0.4, -0.2) is 53.6 Å². The summed E-state index contributed by atoms with van der Waals surface area (Å²) >= 11 is 5.95. The summed E-state index contributed by atoms with van der Waals surface area (Å²) in [5.41, 5.74) is 3.73. The van der Waals surface area contributed by atoms with E-state index in [1.807, 2.05) is 12.1 Å². The summed E-state index contributed by atoms with van der Waals surface area (Å²) in [7, 11) is 0. The molecule has 5 heteroatoms. The van der Waals surface area contributed by atoms with E-state index in [1.54, 1.807) is 0 Å². The molecule has 0 spiro atoms. The maximum absolute atomic E-state index is 10.6. The summed E-state index contributed by atoms with van der Waals surface area (Å²) in [5.74, 6) is -0.741. The molecule has 1 heterocycles. The number of halogens is 1. The highest BCUT2D eigenvalue weighted by molar-refractivity contribution is 6.30. The number of carbonyl (C=O) groups is 1. The van der Waals surface area contributed by atoms with E-state index in [0.29, 0.717) is 6.42 Å². The van der Waals surface area contributed by atoms with Crippen molar-refractivity contribution >= 4 is 17.6 Å². The highest BCUT2D eigenvalue weighted by Gasteiger charge is 2.16. The topological polar surface area (TPSA) is 43.8 Å². The van der Waals surface area contributed by atoms with E-state index in [2.05, 4.69) is 46.2 Å². The number of aryl methyl sites for hydroxylation is 1. The van der Waals surface area contributed by atoms with Crippen LogP contribution in [0, 0.1) is 0 Å². The van der Waals surface area contributed by atoms with Gasteiger partial charge in [-0.1, -0.05) is 48.0 Å². The Labute approximate surface area is 166 Å². The number of hydrogen-bond acceptors (Lipinski definition) is 3. The molecule has 0 atom stereocenters. The van der Waals surface area contributed by atoms with Crippen LogP contribution in [0.25, 0.3) is 0 Å². The number of hydrogen-bond donors (Lipinski definition) is 1. The van der Waals surface area contributed by atoms with Gasteiger partial charge in [0.05, 0.1) is 0 Å². The fourth-order valence-electron chi connectivity index (χ4n) is 3.43. The molecule has 0 radical (unpaired) electrons. The average molecular weight is 387 g/mol. The van der Waals surface area contributed by atoms with E-state index >= 15 is 0 Å². The fraction of sp³-hybridized carbons (Fsp3) is 0.409. The molecule has 2 aromatic carbocycles. The fourth-order valence-corrected chi connectivity index (χ4v) is 3.56. The van der Waals surface area contributed by atoms with Crippen molar-refractivity contribution in [3.05, 3.63) is 70.2 Å². The van der Waals surface area contributed by atoms with Crippen molar-refractivity contribution in [1.82, 2.24) is 9.80 Å². The third kappa shape index (κ3) is 6.65. The Kier molecular flexibility index (Phi) is 7.27. The first kappa shape index (κ1) is 19.9. The van der Waals surface area contributed by atoms with E-state index in [-0.39, 0.29) is 6.42 Å². The number of nitrogens with zero attached hydrogens (tertiary/aromatic N) is 2. The third-order valence-corrected chi connectivity index (χ3v) is 5.40.